The number of aliphatic hydroxyl groups excluding tert-OH is 1. The summed E-state index contributed by atoms with van der Waals surface area (Å²) in [5.74, 6) is 4.47. The summed E-state index contributed by atoms with van der Waals surface area (Å²) in [6.45, 7) is 14.8. The van der Waals surface area contributed by atoms with E-state index in [4.69, 9.17) is 0 Å². The highest BCUT2D eigenvalue weighted by molar-refractivity contribution is 5.25. The van der Waals surface area contributed by atoms with Crippen LogP contribution in [0.4, 0.5) is 0 Å². The van der Waals surface area contributed by atoms with Crippen LogP contribution in [-0.4, -0.2) is 11.2 Å². The maximum absolute atomic E-state index is 10.2. The minimum atomic E-state index is -0.0831. The van der Waals surface area contributed by atoms with Crippen LogP contribution in [0.25, 0.3) is 0 Å². The van der Waals surface area contributed by atoms with E-state index in [9.17, 15) is 5.11 Å². The Morgan fingerprint density at radius 2 is 1.87 bits per heavy atom. The van der Waals surface area contributed by atoms with E-state index in [1.807, 2.05) is 0 Å². The van der Waals surface area contributed by atoms with Crippen LogP contribution >= 0.6 is 0 Å². The van der Waals surface area contributed by atoms with Crippen LogP contribution in [0, 0.1) is 40.4 Å². The van der Waals surface area contributed by atoms with Crippen molar-refractivity contribution >= 4 is 0 Å². The monoisotopic (exact) mass is 412 g/mol. The molecule has 1 nitrogen and oxygen atoms in total. The third-order valence-corrected chi connectivity index (χ3v) is 10.9. The Morgan fingerprint density at radius 1 is 1.10 bits per heavy atom. The first-order valence-electron chi connectivity index (χ1n) is 13.2. The lowest BCUT2D eigenvalue weighted by Crippen LogP contribution is -2.50. The average molecular weight is 413 g/mol. The maximum Gasteiger partial charge on any atom is 0.0577 e. The molecule has 1 N–H and O–H groups in total. The van der Waals surface area contributed by atoms with Gasteiger partial charge in [-0.15, -0.1) is 0 Å². The molecule has 0 saturated heterocycles. The fourth-order valence-electron chi connectivity index (χ4n) is 9.00. The van der Waals surface area contributed by atoms with Crippen LogP contribution in [0.3, 0.4) is 0 Å². The van der Waals surface area contributed by atoms with Crippen LogP contribution < -0.4 is 0 Å². The molecule has 0 radical (unpaired) electrons. The van der Waals surface area contributed by atoms with Gasteiger partial charge < -0.3 is 5.11 Å². The van der Waals surface area contributed by atoms with E-state index in [1.165, 1.54) is 57.8 Å². The summed E-state index contributed by atoms with van der Waals surface area (Å²) in [6.07, 6.45) is 16.7. The third kappa shape index (κ3) is 3.66. The van der Waals surface area contributed by atoms with Gasteiger partial charge in [-0.2, -0.15) is 0 Å². The second-order valence-electron chi connectivity index (χ2n) is 12.4. The second-order valence-corrected chi connectivity index (χ2v) is 12.4. The zero-order chi connectivity index (χ0) is 21.7. The summed E-state index contributed by atoms with van der Waals surface area (Å²) in [4.78, 5) is 0. The van der Waals surface area contributed by atoms with Crippen molar-refractivity contribution in [1.29, 1.82) is 0 Å². The van der Waals surface area contributed by atoms with Gasteiger partial charge >= 0.3 is 0 Å². The Hall–Kier alpha value is -0.560. The molecule has 0 aliphatic heterocycles. The Morgan fingerprint density at radius 3 is 2.57 bits per heavy atom. The van der Waals surface area contributed by atoms with Gasteiger partial charge in [0.2, 0.25) is 0 Å². The summed E-state index contributed by atoms with van der Waals surface area (Å²) in [7, 11) is 0. The average Bonchev–Trinajstić information content (AvgIpc) is 3.06. The van der Waals surface area contributed by atoms with Gasteiger partial charge in [-0.05, 0) is 125 Å². The summed E-state index contributed by atoms with van der Waals surface area (Å²) in [5.41, 5.74) is 5.81. The Kier molecular flexibility index (Phi) is 6.35. The highest BCUT2D eigenvalue weighted by Crippen LogP contribution is 2.67. The molecule has 0 aromatic heterocycles. The van der Waals surface area contributed by atoms with Gasteiger partial charge in [0, 0.05) is 0 Å². The molecular formula is C29H48O. The molecule has 0 heterocycles. The number of hydrogen-bond donors (Lipinski definition) is 1. The molecule has 30 heavy (non-hydrogen) atoms. The van der Waals surface area contributed by atoms with E-state index < -0.39 is 0 Å². The Bertz CT molecular complexity index is 697. The molecule has 1 heteroatoms. The van der Waals surface area contributed by atoms with Crippen molar-refractivity contribution in [1.82, 2.24) is 0 Å². The molecule has 8 atom stereocenters. The molecule has 3 saturated carbocycles. The number of fused-ring (bicyclic) bond motifs is 5. The van der Waals surface area contributed by atoms with Crippen LogP contribution in [-0.2, 0) is 0 Å². The first-order chi connectivity index (χ1) is 14.2. The van der Waals surface area contributed by atoms with Crippen molar-refractivity contribution in [2.24, 2.45) is 40.4 Å². The van der Waals surface area contributed by atoms with Gasteiger partial charge in [-0.1, -0.05) is 50.5 Å². The molecule has 3 fully saturated rings. The van der Waals surface area contributed by atoms with E-state index in [0.29, 0.717) is 10.8 Å². The number of hydrogen-bond acceptors (Lipinski definition) is 1. The van der Waals surface area contributed by atoms with Gasteiger partial charge in [0.05, 0.1) is 6.10 Å². The largest absolute Gasteiger partial charge is 0.393 e. The minimum Gasteiger partial charge on any atom is -0.393 e. The van der Waals surface area contributed by atoms with E-state index in [1.54, 1.807) is 16.7 Å². The van der Waals surface area contributed by atoms with Crippen molar-refractivity contribution in [3.05, 3.63) is 22.8 Å². The van der Waals surface area contributed by atoms with Crippen LogP contribution in [0.1, 0.15) is 112 Å². The summed E-state index contributed by atoms with van der Waals surface area (Å²) < 4.78 is 0. The molecule has 4 aliphatic carbocycles. The molecule has 0 bridgehead atoms. The standard InChI is InChI=1S/C29H48O/c1-7-21(19(2)3)9-8-20(4)25-12-13-26-24-11-10-22-18-23(30)14-16-28(22,5)27(24)15-17-29(25,26)6/h10,20,23-27,30H,7-9,11-18H2,1-6H3/t20-,23+,24+,25-,26+,27+,28+,29-/m1/s1. The van der Waals surface area contributed by atoms with Crippen molar-refractivity contribution in [2.75, 3.05) is 0 Å². The van der Waals surface area contributed by atoms with E-state index >= 15 is 0 Å². The number of aliphatic hydroxyl groups is 1. The minimum absolute atomic E-state index is 0.0831. The van der Waals surface area contributed by atoms with E-state index in [0.717, 1.165) is 42.4 Å². The molecule has 0 amide bonds. The molecule has 4 rings (SSSR count). The fourth-order valence-corrected chi connectivity index (χ4v) is 9.00. The van der Waals surface area contributed by atoms with Crippen molar-refractivity contribution in [3.8, 4) is 0 Å². The zero-order valence-corrected chi connectivity index (χ0v) is 20.8. The zero-order valence-electron chi connectivity index (χ0n) is 20.8. The number of rotatable bonds is 5. The molecular weight excluding hydrogens is 364 g/mol. The fraction of sp³-hybridized carbons (Fsp3) is 0.862. The topological polar surface area (TPSA) is 20.2 Å². The van der Waals surface area contributed by atoms with Crippen LogP contribution in [0.2, 0.25) is 0 Å². The lowest BCUT2D eigenvalue weighted by Gasteiger charge is -2.58. The molecule has 0 aromatic rings. The predicted molar refractivity (Wildman–Crippen MR) is 128 cm³/mol. The summed E-state index contributed by atoms with van der Waals surface area (Å²) in [6, 6.07) is 0. The normalized spacial score (nSPS) is 43.8. The lowest BCUT2D eigenvalue weighted by atomic mass is 9.47. The lowest BCUT2D eigenvalue weighted by molar-refractivity contribution is -0.0571. The Balaban J connectivity index is 1.49. The van der Waals surface area contributed by atoms with E-state index in [2.05, 4.69) is 47.6 Å². The first kappa shape index (κ1) is 22.6. The van der Waals surface area contributed by atoms with Crippen molar-refractivity contribution in [3.63, 3.8) is 0 Å². The van der Waals surface area contributed by atoms with Crippen molar-refractivity contribution < 1.29 is 5.11 Å². The maximum atomic E-state index is 10.2. The van der Waals surface area contributed by atoms with Gasteiger partial charge in [-0.3, -0.25) is 0 Å². The summed E-state index contributed by atoms with van der Waals surface area (Å²) >= 11 is 0. The second kappa shape index (κ2) is 8.42. The highest BCUT2D eigenvalue weighted by atomic mass is 16.3. The highest BCUT2D eigenvalue weighted by Gasteiger charge is 2.59. The molecule has 170 valence electrons. The quantitative estimate of drug-likeness (QED) is 0.452. The Labute approximate surface area is 186 Å². The predicted octanol–water partition coefficient (Wildman–Crippen LogP) is 8.09. The number of allylic oxidation sites excluding steroid dienone is 3. The van der Waals surface area contributed by atoms with Gasteiger partial charge in [-0.25, -0.2) is 0 Å². The molecule has 0 unspecified atom stereocenters. The van der Waals surface area contributed by atoms with Gasteiger partial charge in [0.1, 0.15) is 0 Å². The summed E-state index contributed by atoms with van der Waals surface area (Å²) in [5, 5.41) is 10.2. The van der Waals surface area contributed by atoms with Gasteiger partial charge in [0.15, 0.2) is 0 Å². The van der Waals surface area contributed by atoms with Crippen molar-refractivity contribution in [2.45, 2.75) is 118 Å². The first-order valence-corrected chi connectivity index (χ1v) is 13.2. The smallest absolute Gasteiger partial charge is 0.0577 e. The third-order valence-electron chi connectivity index (χ3n) is 10.9. The van der Waals surface area contributed by atoms with Crippen LogP contribution in [0.5, 0.6) is 0 Å². The van der Waals surface area contributed by atoms with Gasteiger partial charge in [0.25, 0.3) is 0 Å². The molecule has 0 aromatic carbocycles. The van der Waals surface area contributed by atoms with Crippen LogP contribution in [0.15, 0.2) is 22.8 Å². The molecule has 0 spiro atoms. The SMILES string of the molecule is CCC(CC[C@@H](C)[C@H]1CC[C@H]2[C@@H]3CC=C4C[C@@H](O)CC[C@]4(C)[C@H]3CC[C@]12C)=C(C)C. The molecule has 4 aliphatic rings. The van der Waals surface area contributed by atoms with E-state index in [-0.39, 0.29) is 6.10 Å².